The first-order valence-electron chi connectivity index (χ1n) is 8.67. The molecule has 0 saturated carbocycles. The van der Waals surface area contributed by atoms with E-state index >= 15 is 0 Å². The van der Waals surface area contributed by atoms with E-state index < -0.39 is 5.91 Å². The van der Waals surface area contributed by atoms with E-state index in [0.717, 1.165) is 0 Å². The van der Waals surface area contributed by atoms with Crippen molar-refractivity contribution in [1.29, 1.82) is 0 Å². The number of hydrogen-bond donors (Lipinski definition) is 3. The molecule has 2 aromatic rings. The predicted molar refractivity (Wildman–Crippen MR) is 109 cm³/mol. The molecule has 0 aliphatic carbocycles. The summed E-state index contributed by atoms with van der Waals surface area (Å²) in [6.45, 7) is 2.26. The average Bonchev–Trinajstić information content (AvgIpc) is 2.67. The van der Waals surface area contributed by atoms with E-state index in [1.54, 1.807) is 18.3 Å². The van der Waals surface area contributed by atoms with E-state index in [4.69, 9.17) is 23.2 Å². The van der Waals surface area contributed by atoms with Crippen molar-refractivity contribution < 1.29 is 14.4 Å². The molecule has 0 aliphatic heterocycles. The van der Waals surface area contributed by atoms with Gasteiger partial charge in [0.2, 0.25) is 5.91 Å². The number of anilines is 1. The lowest BCUT2D eigenvalue weighted by Crippen LogP contribution is -2.35. The fourth-order valence-electron chi connectivity index (χ4n) is 2.36. The molecule has 0 bridgehead atoms. The van der Waals surface area contributed by atoms with Gasteiger partial charge in [0.25, 0.3) is 11.8 Å². The molecule has 0 fully saturated rings. The van der Waals surface area contributed by atoms with Gasteiger partial charge in [0, 0.05) is 36.9 Å². The second-order valence-electron chi connectivity index (χ2n) is 5.86. The molecule has 0 spiro atoms. The van der Waals surface area contributed by atoms with Gasteiger partial charge in [0.15, 0.2) is 0 Å². The molecule has 9 heteroatoms. The Morgan fingerprint density at radius 1 is 1.07 bits per heavy atom. The summed E-state index contributed by atoms with van der Waals surface area (Å²) in [4.78, 5) is 40.2. The average molecular weight is 423 g/mol. The molecular formula is C19H20Cl2N4O3. The van der Waals surface area contributed by atoms with Crippen LogP contribution in [-0.4, -0.2) is 35.8 Å². The SMILES string of the molecule is CCCC(=O)Nc1c(Cl)cc(Cl)cc1C(=O)NCCNC(=O)c1cccnc1. The third-order valence-corrected chi connectivity index (χ3v) is 4.18. The fraction of sp³-hybridized carbons (Fsp3) is 0.263. The van der Waals surface area contributed by atoms with Crippen molar-refractivity contribution in [2.75, 3.05) is 18.4 Å². The number of aromatic nitrogens is 1. The van der Waals surface area contributed by atoms with E-state index in [1.165, 1.54) is 18.3 Å². The van der Waals surface area contributed by atoms with Gasteiger partial charge < -0.3 is 16.0 Å². The summed E-state index contributed by atoms with van der Waals surface area (Å²) in [7, 11) is 0. The van der Waals surface area contributed by atoms with Crippen LogP contribution in [0.4, 0.5) is 5.69 Å². The molecule has 0 aliphatic rings. The van der Waals surface area contributed by atoms with Crippen LogP contribution in [-0.2, 0) is 4.79 Å². The van der Waals surface area contributed by atoms with Crippen molar-refractivity contribution in [2.45, 2.75) is 19.8 Å². The highest BCUT2D eigenvalue weighted by Crippen LogP contribution is 2.30. The maximum Gasteiger partial charge on any atom is 0.253 e. The number of nitrogens with zero attached hydrogens (tertiary/aromatic N) is 1. The van der Waals surface area contributed by atoms with Gasteiger partial charge in [0.05, 0.1) is 21.8 Å². The van der Waals surface area contributed by atoms with Crippen LogP contribution in [0.2, 0.25) is 10.0 Å². The van der Waals surface area contributed by atoms with E-state index in [2.05, 4.69) is 20.9 Å². The quantitative estimate of drug-likeness (QED) is 0.568. The number of pyridine rings is 1. The van der Waals surface area contributed by atoms with Crippen LogP contribution in [0, 0.1) is 0 Å². The Hall–Kier alpha value is -2.64. The molecule has 148 valence electrons. The Morgan fingerprint density at radius 2 is 1.79 bits per heavy atom. The molecule has 0 unspecified atom stereocenters. The number of benzene rings is 1. The van der Waals surface area contributed by atoms with Crippen LogP contribution in [0.15, 0.2) is 36.7 Å². The molecule has 28 heavy (non-hydrogen) atoms. The summed E-state index contributed by atoms with van der Waals surface area (Å²) < 4.78 is 0. The lowest BCUT2D eigenvalue weighted by molar-refractivity contribution is -0.116. The van der Waals surface area contributed by atoms with Gasteiger partial charge in [-0.1, -0.05) is 30.1 Å². The lowest BCUT2D eigenvalue weighted by Gasteiger charge is -2.14. The number of amides is 3. The van der Waals surface area contributed by atoms with E-state index in [0.29, 0.717) is 18.4 Å². The van der Waals surface area contributed by atoms with Gasteiger partial charge >= 0.3 is 0 Å². The summed E-state index contributed by atoms with van der Waals surface area (Å²) in [5.74, 6) is -1.00. The third kappa shape index (κ3) is 6.21. The van der Waals surface area contributed by atoms with Crippen molar-refractivity contribution in [3.05, 3.63) is 57.8 Å². The fourth-order valence-corrected chi connectivity index (χ4v) is 2.90. The summed E-state index contributed by atoms with van der Waals surface area (Å²) in [6, 6.07) is 6.18. The molecule has 3 amide bonds. The Bertz CT molecular complexity index is 860. The lowest BCUT2D eigenvalue weighted by atomic mass is 10.1. The zero-order chi connectivity index (χ0) is 20.5. The Balaban J connectivity index is 1.97. The van der Waals surface area contributed by atoms with Crippen molar-refractivity contribution in [1.82, 2.24) is 15.6 Å². The molecule has 1 aromatic carbocycles. The molecule has 0 saturated heterocycles. The standard InChI is InChI=1S/C19H20Cl2N4O3/c1-2-4-16(26)25-17-14(9-13(20)10-15(17)21)19(28)24-8-7-23-18(27)12-5-3-6-22-11-12/h3,5-6,9-11H,2,4,7-8H2,1H3,(H,23,27)(H,24,28)(H,25,26). The maximum absolute atomic E-state index is 12.5. The van der Waals surface area contributed by atoms with Crippen molar-refractivity contribution in [3.8, 4) is 0 Å². The van der Waals surface area contributed by atoms with E-state index in [9.17, 15) is 14.4 Å². The van der Waals surface area contributed by atoms with Gasteiger partial charge in [-0.25, -0.2) is 0 Å². The number of carbonyl (C=O) groups is 3. The largest absolute Gasteiger partial charge is 0.350 e. The summed E-state index contributed by atoms with van der Waals surface area (Å²) >= 11 is 12.1. The Morgan fingerprint density at radius 3 is 2.43 bits per heavy atom. The van der Waals surface area contributed by atoms with Crippen LogP contribution in [0.25, 0.3) is 0 Å². The molecule has 1 aromatic heterocycles. The van der Waals surface area contributed by atoms with Crippen molar-refractivity contribution in [3.63, 3.8) is 0 Å². The number of halogens is 2. The van der Waals surface area contributed by atoms with Crippen molar-refractivity contribution in [2.24, 2.45) is 0 Å². The highest BCUT2D eigenvalue weighted by Gasteiger charge is 2.17. The number of rotatable bonds is 8. The van der Waals surface area contributed by atoms with Gasteiger partial charge in [-0.3, -0.25) is 19.4 Å². The molecule has 2 rings (SSSR count). The number of carbonyl (C=O) groups excluding carboxylic acids is 3. The first-order chi connectivity index (χ1) is 13.4. The molecule has 3 N–H and O–H groups in total. The summed E-state index contributed by atoms with van der Waals surface area (Å²) in [5, 5.41) is 8.44. The van der Waals surface area contributed by atoms with Crippen LogP contribution >= 0.6 is 23.2 Å². The van der Waals surface area contributed by atoms with E-state index in [-0.39, 0.29) is 46.2 Å². The van der Waals surface area contributed by atoms with Gasteiger partial charge in [-0.15, -0.1) is 0 Å². The summed E-state index contributed by atoms with van der Waals surface area (Å²) in [5.41, 5.74) is 0.790. The maximum atomic E-state index is 12.5. The number of nitrogens with one attached hydrogen (secondary N) is 3. The topological polar surface area (TPSA) is 100 Å². The minimum absolute atomic E-state index is 0.153. The molecule has 0 radical (unpaired) electrons. The second-order valence-corrected chi connectivity index (χ2v) is 6.71. The van der Waals surface area contributed by atoms with Gasteiger partial charge in [0.1, 0.15) is 0 Å². The Kier molecular flexibility index (Phi) is 8.22. The Labute approximate surface area is 172 Å². The highest BCUT2D eigenvalue weighted by atomic mass is 35.5. The highest BCUT2D eigenvalue weighted by molar-refractivity contribution is 6.38. The molecular weight excluding hydrogens is 403 g/mol. The molecule has 0 atom stereocenters. The third-order valence-electron chi connectivity index (χ3n) is 3.66. The molecule has 1 heterocycles. The molecule has 7 nitrogen and oxygen atoms in total. The zero-order valence-electron chi connectivity index (χ0n) is 15.2. The first-order valence-corrected chi connectivity index (χ1v) is 9.43. The smallest absolute Gasteiger partial charge is 0.253 e. The van der Waals surface area contributed by atoms with Crippen LogP contribution < -0.4 is 16.0 Å². The predicted octanol–water partition coefficient (Wildman–Crippen LogP) is 3.29. The monoisotopic (exact) mass is 422 g/mol. The minimum Gasteiger partial charge on any atom is -0.350 e. The number of hydrogen-bond acceptors (Lipinski definition) is 4. The van der Waals surface area contributed by atoms with Gasteiger partial charge in [-0.05, 0) is 30.7 Å². The van der Waals surface area contributed by atoms with Gasteiger partial charge in [-0.2, -0.15) is 0 Å². The van der Waals surface area contributed by atoms with Crippen LogP contribution in [0.5, 0.6) is 0 Å². The van der Waals surface area contributed by atoms with E-state index in [1.807, 2.05) is 6.92 Å². The minimum atomic E-state index is -0.466. The summed E-state index contributed by atoms with van der Waals surface area (Å²) in [6.07, 6.45) is 3.99. The van der Waals surface area contributed by atoms with Crippen LogP contribution in [0.1, 0.15) is 40.5 Å². The van der Waals surface area contributed by atoms with Crippen molar-refractivity contribution >= 4 is 46.6 Å². The van der Waals surface area contributed by atoms with Crippen LogP contribution in [0.3, 0.4) is 0 Å². The first kappa shape index (κ1) is 21.7. The second kappa shape index (κ2) is 10.6. The normalized spacial score (nSPS) is 10.2. The zero-order valence-corrected chi connectivity index (χ0v) is 16.7.